The van der Waals surface area contributed by atoms with E-state index in [1.54, 1.807) is 0 Å². The van der Waals surface area contributed by atoms with Gasteiger partial charge < -0.3 is 10.5 Å². The lowest BCUT2D eigenvalue weighted by Gasteiger charge is -2.04. The van der Waals surface area contributed by atoms with Gasteiger partial charge in [-0.1, -0.05) is 11.6 Å². The van der Waals surface area contributed by atoms with Crippen molar-refractivity contribution in [3.63, 3.8) is 0 Å². The Balaban J connectivity index is 2.72. The highest BCUT2D eigenvalue weighted by Gasteiger charge is 2.04. The molecule has 0 heterocycles. The van der Waals surface area contributed by atoms with Crippen LogP contribution >= 0.6 is 11.6 Å². The molecule has 1 rings (SSSR count). The Bertz CT molecular complexity index is 330. The molecule has 0 aromatic heterocycles. The molecular formula is C8H7ClFNO2. The third-order valence-corrected chi connectivity index (χ3v) is 1.50. The molecule has 0 saturated heterocycles. The van der Waals surface area contributed by atoms with E-state index in [0.29, 0.717) is 0 Å². The van der Waals surface area contributed by atoms with Crippen LogP contribution in [-0.4, -0.2) is 12.5 Å². The number of ether oxygens (including phenoxy) is 1. The highest BCUT2D eigenvalue weighted by molar-refractivity contribution is 6.30. The van der Waals surface area contributed by atoms with Gasteiger partial charge >= 0.3 is 0 Å². The Kier molecular flexibility index (Phi) is 3.08. The van der Waals surface area contributed by atoms with Gasteiger partial charge in [0.2, 0.25) is 0 Å². The van der Waals surface area contributed by atoms with Crippen molar-refractivity contribution in [2.45, 2.75) is 0 Å². The zero-order chi connectivity index (χ0) is 9.84. The maximum Gasteiger partial charge on any atom is 0.255 e. The van der Waals surface area contributed by atoms with Gasteiger partial charge in [0.15, 0.2) is 18.2 Å². The number of halogens is 2. The summed E-state index contributed by atoms with van der Waals surface area (Å²) in [6.45, 7) is -0.349. The number of carbonyl (C=O) groups excluding carboxylic acids is 1. The second-order valence-corrected chi connectivity index (χ2v) is 2.77. The first-order chi connectivity index (χ1) is 6.09. The Morgan fingerprint density at radius 3 is 2.85 bits per heavy atom. The van der Waals surface area contributed by atoms with E-state index in [-0.39, 0.29) is 17.4 Å². The minimum Gasteiger partial charge on any atom is -0.481 e. The van der Waals surface area contributed by atoms with Crippen LogP contribution in [0, 0.1) is 5.82 Å². The molecular weight excluding hydrogens is 197 g/mol. The van der Waals surface area contributed by atoms with Crippen molar-refractivity contribution in [1.82, 2.24) is 0 Å². The highest BCUT2D eigenvalue weighted by Crippen LogP contribution is 2.20. The van der Waals surface area contributed by atoms with Crippen LogP contribution in [0.25, 0.3) is 0 Å². The molecule has 0 spiro atoms. The van der Waals surface area contributed by atoms with Crippen molar-refractivity contribution in [2.24, 2.45) is 5.73 Å². The molecule has 0 saturated carbocycles. The van der Waals surface area contributed by atoms with E-state index >= 15 is 0 Å². The molecule has 3 nitrogen and oxygen atoms in total. The van der Waals surface area contributed by atoms with E-state index in [2.05, 4.69) is 0 Å². The van der Waals surface area contributed by atoms with E-state index in [1.165, 1.54) is 12.1 Å². The SMILES string of the molecule is NC(=O)COc1ccc(Cl)cc1F. The molecule has 0 unspecified atom stereocenters. The van der Waals surface area contributed by atoms with Gasteiger partial charge in [-0.3, -0.25) is 4.79 Å². The van der Waals surface area contributed by atoms with Crippen molar-refractivity contribution in [3.05, 3.63) is 29.0 Å². The van der Waals surface area contributed by atoms with Crippen LogP contribution in [0.5, 0.6) is 5.75 Å². The monoisotopic (exact) mass is 203 g/mol. The molecule has 0 radical (unpaired) electrons. The van der Waals surface area contributed by atoms with E-state index in [0.717, 1.165) is 6.07 Å². The molecule has 5 heteroatoms. The molecule has 0 fully saturated rings. The van der Waals surface area contributed by atoms with Crippen molar-refractivity contribution in [1.29, 1.82) is 0 Å². The summed E-state index contributed by atoms with van der Waals surface area (Å²) in [6, 6.07) is 3.89. The summed E-state index contributed by atoms with van der Waals surface area (Å²) in [4.78, 5) is 10.3. The molecule has 13 heavy (non-hydrogen) atoms. The zero-order valence-corrected chi connectivity index (χ0v) is 7.34. The maximum atomic E-state index is 12.9. The smallest absolute Gasteiger partial charge is 0.255 e. The van der Waals surface area contributed by atoms with Crippen molar-refractivity contribution >= 4 is 17.5 Å². The van der Waals surface area contributed by atoms with Gasteiger partial charge in [-0.25, -0.2) is 4.39 Å². The molecule has 0 atom stereocenters. The number of benzene rings is 1. The van der Waals surface area contributed by atoms with Gasteiger partial charge in [0.25, 0.3) is 5.91 Å². The van der Waals surface area contributed by atoms with Crippen LogP contribution in [0.4, 0.5) is 4.39 Å². The normalized spacial score (nSPS) is 9.69. The minimum absolute atomic E-state index is 0.0387. The fourth-order valence-corrected chi connectivity index (χ4v) is 0.900. The topological polar surface area (TPSA) is 52.3 Å². The van der Waals surface area contributed by atoms with Crippen LogP contribution in [0.15, 0.2) is 18.2 Å². The Morgan fingerprint density at radius 1 is 1.62 bits per heavy atom. The lowest BCUT2D eigenvalue weighted by molar-refractivity contribution is -0.120. The number of primary amides is 1. The number of amides is 1. The summed E-state index contributed by atoms with van der Waals surface area (Å²) in [5, 5.41) is 0.268. The zero-order valence-electron chi connectivity index (χ0n) is 6.59. The fourth-order valence-electron chi connectivity index (χ4n) is 0.741. The number of carbonyl (C=O) groups is 1. The van der Waals surface area contributed by atoms with E-state index in [1.807, 2.05) is 0 Å². The van der Waals surface area contributed by atoms with Crippen molar-refractivity contribution < 1.29 is 13.9 Å². The number of rotatable bonds is 3. The number of nitrogens with two attached hydrogens (primary N) is 1. The number of hydrogen-bond donors (Lipinski definition) is 1. The van der Waals surface area contributed by atoms with Crippen molar-refractivity contribution in [3.8, 4) is 5.75 Å². The van der Waals surface area contributed by atoms with Gasteiger partial charge in [0.1, 0.15) is 0 Å². The van der Waals surface area contributed by atoms with Gasteiger partial charge in [-0.05, 0) is 18.2 Å². The molecule has 1 aromatic rings. The average Bonchev–Trinajstić information content (AvgIpc) is 2.02. The molecule has 0 bridgehead atoms. The second-order valence-electron chi connectivity index (χ2n) is 2.33. The summed E-state index contributed by atoms with van der Waals surface area (Å²) in [6.07, 6.45) is 0. The highest BCUT2D eigenvalue weighted by atomic mass is 35.5. The summed E-state index contributed by atoms with van der Waals surface area (Å²) in [5.41, 5.74) is 4.81. The van der Waals surface area contributed by atoms with E-state index < -0.39 is 11.7 Å². The quantitative estimate of drug-likeness (QED) is 0.806. The first-order valence-corrected chi connectivity index (χ1v) is 3.83. The van der Waals surface area contributed by atoms with Crippen LogP contribution in [-0.2, 0) is 4.79 Å². The Morgan fingerprint density at radius 2 is 2.31 bits per heavy atom. The van der Waals surface area contributed by atoms with Gasteiger partial charge in [-0.15, -0.1) is 0 Å². The summed E-state index contributed by atoms with van der Waals surface area (Å²) >= 11 is 5.49. The maximum absolute atomic E-state index is 12.9. The third kappa shape index (κ3) is 2.91. The average molecular weight is 204 g/mol. The molecule has 0 aliphatic carbocycles. The van der Waals surface area contributed by atoms with Gasteiger partial charge in [-0.2, -0.15) is 0 Å². The lowest BCUT2D eigenvalue weighted by atomic mass is 10.3. The molecule has 2 N–H and O–H groups in total. The molecule has 0 aliphatic heterocycles. The van der Waals surface area contributed by atoms with Gasteiger partial charge in [0.05, 0.1) is 0 Å². The summed E-state index contributed by atoms with van der Waals surface area (Å²) in [5.74, 6) is -1.31. The second kappa shape index (κ2) is 4.09. The fraction of sp³-hybridized carbons (Fsp3) is 0.125. The van der Waals surface area contributed by atoms with Crippen LogP contribution in [0.1, 0.15) is 0 Å². The number of hydrogen-bond acceptors (Lipinski definition) is 2. The first-order valence-electron chi connectivity index (χ1n) is 3.46. The van der Waals surface area contributed by atoms with E-state index in [4.69, 9.17) is 22.1 Å². The Labute approximate surface area is 79.2 Å². The van der Waals surface area contributed by atoms with Crippen molar-refractivity contribution in [2.75, 3.05) is 6.61 Å². The van der Waals surface area contributed by atoms with Crippen LogP contribution in [0.2, 0.25) is 5.02 Å². The predicted octanol–water partition coefficient (Wildman–Crippen LogP) is 1.34. The van der Waals surface area contributed by atoms with E-state index in [9.17, 15) is 9.18 Å². The first kappa shape index (κ1) is 9.80. The molecule has 1 amide bonds. The minimum atomic E-state index is -0.658. The van der Waals surface area contributed by atoms with Gasteiger partial charge in [0, 0.05) is 5.02 Å². The summed E-state index contributed by atoms with van der Waals surface area (Å²) in [7, 11) is 0. The predicted molar refractivity (Wildman–Crippen MR) is 46.1 cm³/mol. The van der Waals surface area contributed by atoms with Crippen LogP contribution in [0.3, 0.4) is 0 Å². The standard InChI is InChI=1S/C8H7ClFNO2/c9-5-1-2-7(6(10)3-5)13-4-8(11)12/h1-3H,4H2,(H2,11,12). The molecule has 70 valence electrons. The summed E-state index contributed by atoms with van der Waals surface area (Å²) < 4.78 is 17.7. The molecule has 0 aliphatic rings. The largest absolute Gasteiger partial charge is 0.481 e. The van der Waals surface area contributed by atoms with Crippen LogP contribution < -0.4 is 10.5 Å². The third-order valence-electron chi connectivity index (χ3n) is 1.26. The lowest BCUT2D eigenvalue weighted by Crippen LogP contribution is -2.20. The Hall–Kier alpha value is -1.29. The molecule has 1 aromatic carbocycles.